The van der Waals surface area contributed by atoms with Gasteiger partial charge in [0.05, 0.1) is 22.0 Å². The van der Waals surface area contributed by atoms with E-state index in [1.807, 2.05) is 4.90 Å². The van der Waals surface area contributed by atoms with Gasteiger partial charge in [0.2, 0.25) is 0 Å². The number of rotatable bonds is 6. The number of nitrogens with one attached hydrogen (secondary N) is 2. The van der Waals surface area contributed by atoms with Crippen LogP contribution in [0.1, 0.15) is 21.7 Å². The van der Waals surface area contributed by atoms with Gasteiger partial charge >= 0.3 is 0 Å². The largest absolute Gasteiger partial charge is 0.485 e. The Morgan fingerprint density at radius 1 is 1.11 bits per heavy atom. The minimum absolute atomic E-state index is 0.142. The number of pyridine rings is 1. The van der Waals surface area contributed by atoms with E-state index in [-0.39, 0.29) is 33.4 Å². The number of hydrogen-bond donors (Lipinski definition) is 2. The molecule has 0 saturated carbocycles. The van der Waals surface area contributed by atoms with Crippen molar-refractivity contribution in [1.82, 2.24) is 14.7 Å². The second-order valence-electron chi connectivity index (χ2n) is 8.61. The Morgan fingerprint density at radius 3 is 2.54 bits per heavy atom. The van der Waals surface area contributed by atoms with Crippen LogP contribution in [0.2, 0.25) is 5.02 Å². The molecule has 1 fully saturated rings. The van der Waals surface area contributed by atoms with E-state index in [1.165, 1.54) is 28.8 Å². The average Bonchev–Trinajstić information content (AvgIpc) is 3.20. The number of carbonyl (C=O) groups is 1. The van der Waals surface area contributed by atoms with Crippen LogP contribution < -0.4 is 20.3 Å². The second kappa shape index (κ2) is 10.3. The summed E-state index contributed by atoms with van der Waals surface area (Å²) in [6, 6.07) is 9.54. The van der Waals surface area contributed by atoms with Gasteiger partial charge < -0.3 is 20.3 Å². The highest BCUT2D eigenvalue weighted by Crippen LogP contribution is 2.29. The molecular formula is C26H23ClF3N5O2. The lowest BCUT2D eigenvalue weighted by Crippen LogP contribution is -2.43. The van der Waals surface area contributed by atoms with Crippen molar-refractivity contribution in [3.63, 3.8) is 0 Å². The topological polar surface area (TPSA) is 70.9 Å². The number of anilines is 2. The number of benzene rings is 2. The van der Waals surface area contributed by atoms with Crippen molar-refractivity contribution < 1.29 is 22.7 Å². The summed E-state index contributed by atoms with van der Waals surface area (Å²) < 4.78 is 50.0. The van der Waals surface area contributed by atoms with Gasteiger partial charge in [-0.25, -0.2) is 18.2 Å². The highest BCUT2D eigenvalue weighted by Gasteiger charge is 2.22. The maximum absolute atomic E-state index is 14.8. The number of aryl methyl sites for hydroxylation is 1. The van der Waals surface area contributed by atoms with Gasteiger partial charge in [-0.1, -0.05) is 17.7 Å². The highest BCUT2D eigenvalue weighted by molar-refractivity contribution is 6.30. The second-order valence-corrected chi connectivity index (χ2v) is 9.04. The van der Waals surface area contributed by atoms with Crippen molar-refractivity contribution >= 4 is 34.5 Å². The minimum Gasteiger partial charge on any atom is -0.485 e. The molecule has 1 aliphatic rings. The van der Waals surface area contributed by atoms with Crippen molar-refractivity contribution in [3.05, 3.63) is 88.1 Å². The van der Waals surface area contributed by atoms with E-state index in [0.717, 1.165) is 25.2 Å². The lowest BCUT2D eigenvalue weighted by Gasteiger charge is -2.29. The molecular weight excluding hydrogens is 507 g/mol. The zero-order chi connectivity index (χ0) is 26.1. The number of imidazole rings is 1. The Hall–Kier alpha value is -3.76. The molecule has 0 unspecified atom stereocenters. The van der Waals surface area contributed by atoms with Crippen molar-refractivity contribution in [2.75, 3.05) is 36.4 Å². The van der Waals surface area contributed by atoms with Crippen molar-refractivity contribution in [1.29, 1.82) is 0 Å². The number of ether oxygens (including phenoxy) is 1. The third-order valence-corrected chi connectivity index (χ3v) is 6.35. The molecule has 192 valence electrons. The van der Waals surface area contributed by atoms with Gasteiger partial charge in [-0.2, -0.15) is 0 Å². The quantitative estimate of drug-likeness (QED) is 0.370. The predicted molar refractivity (Wildman–Crippen MR) is 135 cm³/mol. The van der Waals surface area contributed by atoms with Gasteiger partial charge in [0, 0.05) is 44.1 Å². The number of fused-ring (bicyclic) bond motifs is 1. The summed E-state index contributed by atoms with van der Waals surface area (Å²) in [6.45, 7) is 4.16. The van der Waals surface area contributed by atoms with E-state index in [0.29, 0.717) is 24.5 Å². The first-order valence-electron chi connectivity index (χ1n) is 11.6. The first-order valence-corrected chi connectivity index (χ1v) is 12.0. The monoisotopic (exact) mass is 529 g/mol. The van der Waals surface area contributed by atoms with E-state index >= 15 is 0 Å². The van der Waals surface area contributed by atoms with Crippen LogP contribution >= 0.6 is 11.6 Å². The Kier molecular flexibility index (Phi) is 6.94. The molecule has 7 nitrogen and oxygen atoms in total. The molecule has 4 aromatic rings. The molecule has 2 aromatic heterocycles. The summed E-state index contributed by atoms with van der Waals surface area (Å²) in [5.41, 5.74) is 1.28. The standard InChI is InChI=1S/C26H23ClF3N5O2/c1-15-24(26(36)33-17-5-6-22(21(30)12-17)34-9-7-31-8-10-34)35-13-16(27)11-23(25(35)32-15)37-14-18-19(28)3-2-4-20(18)29/h2-6,11-13,31H,7-10,14H2,1H3,(H,33,36). The number of carbonyl (C=O) groups excluding carboxylic acids is 1. The summed E-state index contributed by atoms with van der Waals surface area (Å²) >= 11 is 6.26. The summed E-state index contributed by atoms with van der Waals surface area (Å²) in [6.07, 6.45) is 1.48. The maximum Gasteiger partial charge on any atom is 0.274 e. The number of nitrogens with zero attached hydrogens (tertiary/aromatic N) is 3. The first kappa shape index (κ1) is 24.9. The lowest BCUT2D eigenvalue weighted by atomic mass is 10.2. The Labute approximate surface area is 215 Å². The molecule has 11 heteroatoms. The molecule has 1 aliphatic heterocycles. The van der Waals surface area contributed by atoms with Crippen LogP contribution in [0.15, 0.2) is 48.7 Å². The third kappa shape index (κ3) is 5.07. The van der Waals surface area contributed by atoms with Crippen LogP contribution in [-0.2, 0) is 6.61 Å². The van der Waals surface area contributed by atoms with E-state index in [9.17, 15) is 18.0 Å². The fourth-order valence-electron chi connectivity index (χ4n) is 4.33. The van der Waals surface area contributed by atoms with Crippen LogP contribution in [0, 0.1) is 24.4 Å². The summed E-state index contributed by atoms with van der Waals surface area (Å²) in [4.78, 5) is 19.6. The fourth-order valence-corrected chi connectivity index (χ4v) is 4.53. The number of hydrogen-bond acceptors (Lipinski definition) is 5. The molecule has 2 aromatic carbocycles. The van der Waals surface area contributed by atoms with Crippen molar-refractivity contribution in [2.45, 2.75) is 13.5 Å². The van der Waals surface area contributed by atoms with Crippen molar-refractivity contribution in [3.8, 4) is 5.75 Å². The van der Waals surface area contributed by atoms with E-state index < -0.39 is 30.0 Å². The maximum atomic E-state index is 14.8. The van der Waals surface area contributed by atoms with Gasteiger partial charge in [0.25, 0.3) is 5.91 Å². The lowest BCUT2D eigenvalue weighted by molar-refractivity contribution is 0.102. The van der Waals surface area contributed by atoms with Crippen LogP contribution in [0.3, 0.4) is 0 Å². The molecule has 37 heavy (non-hydrogen) atoms. The van der Waals surface area contributed by atoms with E-state index in [2.05, 4.69) is 15.6 Å². The summed E-state index contributed by atoms with van der Waals surface area (Å²) in [5.74, 6) is -2.31. The van der Waals surface area contributed by atoms with Crippen molar-refractivity contribution in [2.24, 2.45) is 0 Å². The Morgan fingerprint density at radius 2 is 1.84 bits per heavy atom. The SMILES string of the molecule is Cc1nc2c(OCc3c(F)cccc3F)cc(Cl)cn2c1C(=O)Nc1ccc(N2CCNCC2)c(F)c1. The van der Waals surface area contributed by atoms with Gasteiger partial charge in [-0.15, -0.1) is 0 Å². The molecule has 0 radical (unpaired) electrons. The zero-order valence-corrected chi connectivity index (χ0v) is 20.6. The molecule has 0 atom stereocenters. The number of halogens is 4. The fraction of sp³-hybridized carbons (Fsp3) is 0.231. The van der Waals surface area contributed by atoms with Crippen LogP contribution in [0.25, 0.3) is 5.65 Å². The number of aromatic nitrogens is 2. The smallest absolute Gasteiger partial charge is 0.274 e. The molecule has 0 spiro atoms. The summed E-state index contributed by atoms with van der Waals surface area (Å²) in [5, 5.41) is 6.15. The molecule has 5 rings (SSSR count). The molecule has 3 heterocycles. The molecule has 0 aliphatic carbocycles. The molecule has 2 N–H and O–H groups in total. The predicted octanol–water partition coefficient (Wildman–Crippen LogP) is 4.95. The van der Waals surface area contributed by atoms with E-state index in [4.69, 9.17) is 16.3 Å². The van der Waals surface area contributed by atoms with Crippen LogP contribution in [-0.4, -0.2) is 41.5 Å². The van der Waals surface area contributed by atoms with Gasteiger partial charge in [-0.05, 0) is 37.3 Å². The normalized spacial score (nSPS) is 13.7. The van der Waals surface area contributed by atoms with Crippen LogP contribution in [0.4, 0.5) is 24.5 Å². The molecule has 1 saturated heterocycles. The van der Waals surface area contributed by atoms with E-state index in [1.54, 1.807) is 19.1 Å². The summed E-state index contributed by atoms with van der Waals surface area (Å²) in [7, 11) is 0. The minimum atomic E-state index is -0.743. The highest BCUT2D eigenvalue weighted by atomic mass is 35.5. The van der Waals surface area contributed by atoms with Gasteiger partial charge in [0.1, 0.15) is 29.8 Å². The van der Waals surface area contributed by atoms with Gasteiger partial charge in [-0.3, -0.25) is 9.20 Å². The van der Waals surface area contributed by atoms with Gasteiger partial charge in [0.15, 0.2) is 11.4 Å². The zero-order valence-electron chi connectivity index (χ0n) is 19.8. The van der Waals surface area contributed by atoms with Crippen LogP contribution in [0.5, 0.6) is 5.75 Å². The third-order valence-electron chi connectivity index (χ3n) is 6.14. The number of amides is 1. The Balaban J connectivity index is 1.40. The Bertz CT molecular complexity index is 1470. The average molecular weight is 530 g/mol. The first-order chi connectivity index (χ1) is 17.8. The number of piperazine rings is 1. The molecule has 1 amide bonds. The molecule has 0 bridgehead atoms.